The van der Waals surface area contributed by atoms with E-state index in [9.17, 15) is 14.4 Å². The van der Waals surface area contributed by atoms with Crippen molar-refractivity contribution in [1.29, 1.82) is 0 Å². The summed E-state index contributed by atoms with van der Waals surface area (Å²) in [5.74, 6) is -1.24. The van der Waals surface area contributed by atoms with Gasteiger partial charge in [-0.05, 0) is 0 Å². The third-order valence-corrected chi connectivity index (χ3v) is 1.64. The smallest absolute Gasteiger partial charge is 0.245 e. The monoisotopic (exact) mass is 195 g/mol. The first-order valence-electron chi connectivity index (χ1n) is 3.93. The maximum Gasteiger partial charge on any atom is 0.245 e. The van der Waals surface area contributed by atoms with Crippen LogP contribution in [0, 0.1) is 0 Å². The van der Waals surface area contributed by atoms with Crippen LogP contribution >= 0.6 is 0 Å². The summed E-state index contributed by atoms with van der Waals surface area (Å²) < 4.78 is 0.832. The van der Waals surface area contributed by atoms with Crippen molar-refractivity contribution in [3.8, 4) is 0 Å². The molecule has 0 amide bonds. The molecule has 1 aromatic rings. The lowest BCUT2D eigenvalue weighted by Gasteiger charge is -1.97. The average molecular weight is 195 g/mol. The summed E-state index contributed by atoms with van der Waals surface area (Å²) in [7, 11) is 0. The molecular formula is C8H9N3O3. The number of rotatable bonds is 2. The summed E-state index contributed by atoms with van der Waals surface area (Å²) in [5, 5.41) is 6.91. The highest BCUT2D eigenvalue weighted by Gasteiger charge is 2.21. The zero-order valence-electron chi connectivity index (χ0n) is 8.07. The van der Waals surface area contributed by atoms with Gasteiger partial charge in [0.2, 0.25) is 5.91 Å². The lowest BCUT2D eigenvalue weighted by molar-refractivity contribution is 0.0891. The Labute approximate surface area is 79.9 Å². The Morgan fingerprint density at radius 1 is 1.07 bits per heavy atom. The van der Waals surface area contributed by atoms with Crippen molar-refractivity contribution < 1.29 is 14.4 Å². The maximum atomic E-state index is 11.2. The van der Waals surface area contributed by atoms with Crippen molar-refractivity contribution in [2.45, 2.75) is 20.8 Å². The summed E-state index contributed by atoms with van der Waals surface area (Å²) in [6, 6.07) is 0. The first-order valence-corrected chi connectivity index (χ1v) is 3.93. The molecule has 6 nitrogen and oxygen atoms in total. The van der Waals surface area contributed by atoms with Gasteiger partial charge in [0.25, 0.3) is 0 Å². The number of hydrogen-bond donors (Lipinski definition) is 0. The van der Waals surface area contributed by atoms with Gasteiger partial charge in [-0.15, -0.1) is 5.10 Å². The SMILES string of the molecule is CC(=O)c1nnn(C(C)=O)c1C(C)=O. The van der Waals surface area contributed by atoms with Gasteiger partial charge in [0.05, 0.1) is 0 Å². The molecule has 14 heavy (non-hydrogen) atoms. The second-order valence-electron chi connectivity index (χ2n) is 2.83. The third-order valence-electron chi connectivity index (χ3n) is 1.64. The molecule has 0 fully saturated rings. The molecule has 74 valence electrons. The Morgan fingerprint density at radius 3 is 2.00 bits per heavy atom. The first kappa shape index (κ1) is 10.2. The number of aromatic nitrogens is 3. The van der Waals surface area contributed by atoms with Crippen LogP contribution in [0.3, 0.4) is 0 Å². The molecule has 0 spiro atoms. The number of carbonyl (C=O) groups excluding carboxylic acids is 3. The highest BCUT2D eigenvalue weighted by atomic mass is 16.2. The topological polar surface area (TPSA) is 81.9 Å². The fraction of sp³-hybridized carbons (Fsp3) is 0.375. The van der Waals surface area contributed by atoms with Crippen LogP contribution in [0.2, 0.25) is 0 Å². The molecule has 0 aliphatic carbocycles. The Morgan fingerprint density at radius 2 is 1.64 bits per heavy atom. The van der Waals surface area contributed by atoms with E-state index in [-0.39, 0.29) is 17.2 Å². The minimum atomic E-state index is -0.449. The van der Waals surface area contributed by atoms with Gasteiger partial charge >= 0.3 is 0 Å². The van der Waals surface area contributed by atoms with Crippen LogP contribution < -0.4 is 0 Å². The van der Waals surface area contributed by atoms with Crippen LogP contribution in [0.25, 0.3) is 0 Å². The predicted molar refractivity (Wildman–Crippen MR) is 46.3 cm³/mol. The molecule has 0 radical (unpaired) electrons. The molecule has 1 aromatic heterocycles. The van der Waals surface area contributed by atoms with E-state index in [1.807, 2.05) is 0 Å². The molecule has 6 heteroatoms. The minimum Gasteiger partial charge on any atom is -0.293 e. The number of ketones is 2. The Balaban J connectivity index is 3.42. The highest BCUT2D eigenvalue weighted by Crippen LogP contribution is 2.07. The van der Waals surface area contributed by atoms with Crippen molar-refractivity contribution in [3.63, 3.8) is 0 Å². The summed E-state index contributed by atoms with van der Waals surface area (Å²) in [5.41, 5.74) is -0.113. The van der Waals surface area contributed by atoms with Gasteiger partial charge in [-0.3, -0.25) is 14.4 Å². The molecule has 0 aromatic carbocycles. The Kier molecular flexibility index (Phi) is 2.55. The van der Waals surface area contributed by atoms with Crippen molar-refractivity contribution in [3.05, 3.63) is 11.4 Å². The average Bonchev–Trinajstić information content (AvgIpc) is 2.46. The summed E-state index contributed by atoms with van der Waals surface area (Å²) in [6.45, 7) is 3.76. The number of carbonyl (C=O) groups is 3. The molecule has 0 N–H and O–H groups in total. The number of nitrogens with zero attached hydrogens (tertiary/aromatic N) is 3. The molecule has 0 unspecified atom stereocenters. The fourth-order valence-corrected chi connectivity index (χ4v) is 1.06. The maximum absolute atomic E-state index is 11.2. The van der Waals surface area contributed by atoms with E-state index in [1.54, 1.807) is 0 Å². The largest absolute Gasteiger partial charge is 0.293 e. The lowest BCUT2D eigenvalue weighted by Crippen LogP contribution is -2.16. The summed E-state index contributed by atoms with van der Waals surface area (Å²) >= 11 is 0. The molecule has 0 saturated carbocycles. The minimum absolute atomic E-state index is 0.0509. The van der Waals surface area contributed by atoms with Crippen LogP contribution in [0.5, 0.6) is 0 Å². The fourth-order valence-electron chi connectivity index (χ4n) is 1.06. The van der Waals surface area contributed by atoms with E-state index in [0.29, 0.717) is 0 Å². The van der Waals surface area contributed by atoms with E-state index in [0.717, 1.165) is 4.68 Å². The van der Waals surface area contributed by atoms with Gasteiger partial charge in [-0.1, -0.05) is 5.21 Å². The number of Topliss-reactive ketones (excluding diaryl/α,β-unsaturated/α-hetero) is 2. The third kappa shape index (κ3) is 1.59. The quantitative estimate of drug-likeness (QED) is 0.635. The van der Waals surface area contributed by atoms with Crippen LogP contribution in [0.4, 0.5) is 0 Å². The zero-order chi connectivity index (χ0) is 10.9. The lowest BCUT2D eigenvalue weighted by atomic mass is 10.2. The molecule has 1 rings (SSSR count). The van der Waals surface area contributed by atoms with Crippen molar-refractivity contribution >= 4 is 17.5 Å². The number of hydrogen-bond acceptors (Lipinski definition) is 5. The van der Waals surface area contributed by atoms with Gasteiger partial charge in [0, 0.05) is 20.8 Å². The molecular weight excluding hydrogens is 186 g/mol. The van der Waals surface area contributed by atoms with Crippen LogP contribution in [-0.2, 0) is 0 Å². The Bertz CT molecular complexity index is 388. The molecule has 1 heterocycles. The normalized spacial score (nSPS) is 9.93. The van der Waals surface area contributed by atoms with Crippen LogP contribution in [0.15, 0.2) is 0 Å². The Hall–Kier alpha value is -1.85. The molecule has 0 aliphatic rings. The molecule has 0 saturated heterocycles. The second kappa shape index (κ2) is 3.49. The van der Waals surface area contributed by atoms with Crippen molar-refractivity contribution in [2.24, 2.45) is 0 Å². The summed E-state index contributed by atoms with van der Waals surface area (Å²) in [6.07, 6.45) is 0. The molecule has 0 atom stereocenters. The standard InChI is InChI=1S/C8H9N3O3/c1-4(12)7-8(5(2)13)11(6(3)14)10-9-7/h1-3H3. The van der Waals surface area contributed by atoms with Gasteiger partial charge in [-0.25, -0.2) is 0 Å². The van der Waals surface area contributed by atoms with Crippen molar-refractivity contribution in [2.75, 3.05) is 0 Å². The highest BCUT2D eigenvalue weighted by molar-refractivity contribution is 6.06. The van der Waals surface area contributed by atoms with Gasteiger partial charge in [0.1, 0.15) is 5.69 Å². The summed E-state index contributed by atoms with van der Waals surface area (Å²) in [4.78, 5) is 33.2. The van der Waals surface area contributed by atoms with E-state index in [2.05, 4.69) is 10.3 Å². The van der Waals surface area contributed by atoms with E-state index in [1.165, 1.54) is 20.8 Å². The first-order chi connectivity index (χ1) is 6.45. The van der Waals surface area contributed by atoms with Gasteiger partial charge < -0.3 is 0 Å². The molecule has 0 aliphatic heterocycles. The van der Waals surface area contributed by atoms with Gasteiger partial charge in [-0.2, -0.15) is 4.68 Å². The van der Waals surface area contributed by atoms with Crippen LogP contribution in [-0.4, -0.2) is 32.5 Å². The van der Waals surface area contributed by atoms with Crippen LogP contribution in [0.1, 0.15) is 46.5 Å². The predicted octanol–water partition coefficient (Wildman–Crippen LogP) is 0.343. The second-order valence-corrected chi connectivity index (χ2v) is 2.83. The van der Waals surface area contributed by atoms with E-state index < -0.39 is 11.7 Å². The zero-order valence-corrected chi connectivity index (χ0v) is 8.07. The molecule has 0 bridgehead atoms. The van der Waals surface area contributed by atoms with Gasteiger partial charge in [0.15, 0.2) is 17.3 Å². The van der Waals surface area contributed by atoms with E-state index in [4.69, 9.17) is 0 Å². The van der Waals surface area contributed by atoms with Crippen molar-refractivity contribution in [1.82, 2.24) is 15.0 Å². The van der Waals surface area contributed by atoms with E-state index >= 15 is 0 Å².